The van der Waals surface area contributed by atoms with Crippen LogP contribution in [-0.4, -0.2) is 26.1 Å². The first-order valence-corrected chi connectivity index (χ1v) is 7.64. The van der Waals surface area contributed by atoms with Gasteiger partial charge in [0.2, 0.25) is 0 Å². The van der Waals surface area contributed by atoms with Crippen molar-refractivity contribution in [2.45, 2.75) is 12.5 Å². The Morgan fingerprint density at radius 1 is 1.50 bits per heavy atom. The Kier molecular flexibility index (Phi) is 5.83. The van der Waals surface area contributed by atoms with Crippen molar-refractivity contribution in [2.75, 3.05) is 26.1 Å². The first-order chi connectivity index (χ1) is 8.79. The van der Waals surface area contributed by atoms with Crippen molar-refractivity contribution >= 4 is 20.0 Å². The summed E-state index contributed by atoms with van der Waals surface area (Å²) in [5.41, 5.74) is 6.46. The topological polar surface area (TPSA) is 53.7 Å². The number of rotatable bonds is 5. The monoisotopic (exact) mass is 289 g/mol. The van der Waals surface area contributed by atoms with Crippen LogP contribution in [0, 0.1) is 0 Å². The van der Waals surface area contributed by atoms with Crippen molar-refractivity contribution in [2.24, 2.45) is 5.73 Å². The largest absolute Gasteiger partial charge is 0.371 e. The number of ether oxygens (including phenoxy) is 1. The second kappa shape index (κ2) is 7.39. The quantitative estimate of drug-likeness (QED) is 0.668. The maximum atomic E-state index is 5.98. The molecular formula is C12H17ClNO3P. The van der Waals surface area contributed by atoms with Crippen LogP contribution in [0.2, 0.25) is 5.02 Å². The van der Waals surface area contributed by atoms with Crippen molar-refractivity contribution < 1.29 is 13.8 Å². The number of halogens is 1. The summed E-state index contributed by atoms with van der Waals surface area (Å²) in [7, 11) is -0.977. The molecule has 1 fully saturated rings. The fourth-order valence-corrected chi connectivity index (χ4v) is 3.20. The second-order valence-electron chi connectivity index (χ2n) is 3.93. The smallest absolute Gasteiger partial charge is 0.198 e. The van der Waals surface area contributed by atoms with Gasteiger partial charge in [0.25, 0.3) is 0 Å². The molecule has 1 saturated heterocycles. The molecule has 0 radical (unpaired) electrons. The molecule has 1 heterocycles. The molecule has 2 N–H and O–H groups in total. The Labute approximate surface area is 113 Å². The predicted octanol–water partition coefficient (Wildman–Crippen LogP) is 3.06. The van der Waals surface area contributed by atoms with Crippen molar-refractivity contribution in [3.05, 3.63) is 34.9 Å². The average Bonchev–Trinajstić information content (AvgIpc) is 2.39. The second-order valence-corrected chi connectivity index (χ2v) is 5.76. The first kappa shape index (κ1) is 14.2. The number of hydrogen-bond donors (Lipinski definition) is 1. The Hall–Kier alpha value is -0.220. The molecule has 0 aromatic heterocycles. The maximum Gasteiger partial charge on any atom is 0.198 e. The van der Waals surface area contributed by atoms with E-state index in [-0.39, 0.29) is 6.10 Å². The third kappa shape index (κ3) is 4.16. The van der Waals surface area contributed by atoms with E-state index in [2.05, 4.69) is 0 Å². The molecule has 1 aliphatic heterocycles. The van der Waals surface area contributed by atoms with Crippen LogP contribution in [0.3, 0.4) is 0 Å². The van der Waals surface area contributed by atoms with Crippen molar-refractivity contribution in [1.29, 1.82) is 0 Å². The van der Waals surface area contributed by atoms with Gasteiger partial charge in [0, 0.05) is 18.0 Å². The van der Waals surface area contributed by atoms with E-state index in [0.717, 1.165) is 17.0 Å². The minimum Gasteiger partial charge on any atom is -0.371 e. The van der Waals surface area contributed by atoms with Crippen LogP contribution in [0.4, 0.5) is 0 Å². The molecule has 2 unspecified atom stereocenters. The van der Waals surface area contributed by atoms with Crippen LogP contribution in [0.5, 0.6) is 0 Å². The Bertz CT molecular complexity index is 380. The van der Waals surface area contributed by atoms with Gasteiger partial charge in [0.05, 0.1) is 19.3 Å². The number of benzene rings is 1. The zero-order valence-corrected chi connectivity index (χ0v) is 11.7. The maximum absolute atomic E-state index is 5.98. The Morgan fingerprint density at radius 2 is 2.39 bits per heavy atom. The third-order valence-corrected chi connectivity index (χ3v) is 4.13. The van der Waals surface area contributed by atoms with Crippen LogP contribution in [0.1, 0.15) is 18.1 Å². The molecule has 0 saturated carbocycles. The van der Waals surface area contributed by atoms with Gasteiger partial charge < -0.3 is 19.5 Å². The zero-order chi connectivity index (χ0) is 12.8. The van der Waals surface area contributed by atoms with Gasteiger partial charge in [-0.1, -0.05) is 23.7 Å². The van der Waals surface area contributed by atoms with Crippen molar-refractivity contribution in [3.8, 4) is 0 Å². The molecule has 0 bridgehead atoms. The van der Waals surface area contributed by atoms with Crippen molar-refractivity contribution in [3.63, 3.8) is 0 Å². The lowest BCUT2D eigenvalue weighted by molar-refractivity contribution is 0.0850. The highest BCUT2D eigenvalue weighted by Crippen LogP contribution is 2.48. The molecule has 1 aromatic rings. The molecule has 0 spiro atoms. The van der Waals surface area contributed by atoms with Gasteiger partial charge in [-0.25, -0.2) is 0 Å². The lowest BCUT2D eigenvalue weighted by atomic mass is 10.1. The van der Waals surface area contributed by atoms with E-state index in [9.17, 15) is 0 Å². The van der Waals surface area contributed by atoms with Crippen molar-refractivity contribution in [1.82, 2.24) is 0 Å². The highest BCUT2D eigenvalue weighted by Gasteiger charge is 2.25. The SMILES string of the molecule is NCCOCP1OCCC(c2cccc(Cl)c2)O1. The van der Waals surface area contributed by atoms with E-state index in [0.29, 0.717) is 26.1 Å². The summed E-state index contributed by atoms with van der Waals surface area (Å²) in [6.45, 7) is 1.74. The van der Waals surface area contributed by atoms with E-state index in [1.165, 1.54) is 0 Å². The standard InChI is InChI=1S/C12H17ClNO3P/c13-11-3-1-2-10(8-11)12-4-6-16-18(17-12)9-15-7-5-14/h1-3,8,12H,4-7,9,14H2. The van der Waals surface area contributed by atoms with Crippen LogP contribution < -0.4 is 5.73 Å². The van der Waals surface area contributed by atoms with E-state index in [1.807, 2.05) is 24.3 Å². The highest BCUT2D eigenvalue weighted by atomic mass is 35.5. The summed E-state index contributed by atoms with van der Waals surface area (Å²) in [4.78, 5) is 0. The zero-order valence-electron chi connectivity index (χ0n) is 10.0. The summed E-state index contributed by atoms with van der Waals surface area (Å²) in [6, 6.07) is 7.75. The summed E-state index contributed by atoms with van der Waals surface area (Å²) in [5, 5.41) is 0.728. The fraction of sp³-hybridized carbons (Fsp3) is 0.500. The van der Waals surface area contributed by atoms with Gasteiger partial charge in [-0.05, 0) is 17.7 Å². The first-order valence-electron chi connectivity index (χ1n) is 5.90. The lowest BCUT2D eigenvalue weighted by Gasteiger charge is -2.29. The van der Waals surface area contributed by atoms with Crippen LogP contribution in [0.15, 0.2) is 24.3 Å². The molecule has 0 amide bonds. The molecule has 100 valence electrons. The molecule has 1 aliphatic rings. The third-order valence-electron chi connectivity index (χ3n) is 2.54. The molecule has 1 aromatic carbocycles. The van der Waals surface area contributed by atoms with Gasteiger partial charge in [-0.2, -0.15) is 0 Å². The van der Waals surface area contributed by atoms with Gasteiger partial charge in [0.1, 0.15) is 6.35 Å². The number of hydrogen-bond acceptors (Lipinski definition) is 4. The lowest BCUT2D eigenvalue weighted by Crippen LogP contribution is -2.15. The molecule has 6 heteroatoms. The summed E-state index contributed by atoms with van der Waals surface area (Å²) in [5.74, 6) is 0. The van der Waals surface area contributed by atoms with Gasteiger partial charge >= 0.3 is 0 Å². The van der Waals surface area contributed by atoms with Crippen LogP contribution in [-0.2, 0) is 13.8 Å². The van der Waals surface area contributed by atoms with E-state index >= 15 is 0 Å². The molecule has 2 atom stereocenters. The van der Waals surface area contributed by atoms with Gasteiger partial charge in [-0.15, -0.1) is 0 Å². The van der Waals surface area contributed by atoms with Crippen LogP contribution in [0.25, 0.3) is 0 Å². The molecule has 0 aliphatic carbocycles. The summed E-state index contributed by atoms with van der Waals surface area (Å²) < 4.78 is 16.8. The Morgan fingerprint density at radius 3 is 3.17 bits per heavy atom. The van der Waals surface area contributed by atoms with Gasteiger partial charge in [0.15, 0.2) is 8.38 Å². The Balaban J connectivity index is 1.90. The fourth-order valence-electron chi connectivity index (χ4n) is 1.71. The van der Waals surface area contributed by atoms with E-state index in [1.54, 1.807) is 0 Å². The highest BCUT2D eigenvalue weighted by molar-refractivity contribution is 7.47. The van der Waals surface area contributed by atoms with Gasteiger partial charge in [-0.3, -0.25) is 0 Å². The minimum absolute atomic E-state index is 0.0463. The number of nitrogens with two attached hydrogens (primary N) is 1. The molecule has 2 rings (SSSR count). The minimum atomic E-state index is -0.977. The predicted molar refractivity (Wildman–Crippen MR) is 72.6 cm³/mol. The normalized spacial score (nSPS) is 24.1. The summed E-state index contributed by atoms with van der Waals surface area (Å²) >= 11 is 5.98. The molecule has 18 heavy (non-hydrogen) atoms. The molecule has 4 nitrogen and oxygen atoms in total. The average molecular weight is 290 g/mol. The van der Waals surface area contributed by atoms with E-state index in [4.69, 9.17) is 31.1 Å². The van der Waals surface area contributed by atoms with Crippen LogP contribution >= 0.6 is 20.0 Å². The summed E-state index contributed by atoms with van der Waals surface area (Å²) in [6.07, 6.45) is 1.37. The van der Waals surface area contributed by atoms with E-state index < -0.39 is 8.38 Å². The molecular weight excluding hydrogens is 273 g/mol.